The first-order valence-corrected chi connectivity index (χ1v) is 8.54. The number of carbonyl (C=O) groups excluding carboxylic acids is 1. The van der Waals surface area contributed by atoms with Gasteiger partial charge in [0.2, 0.25) is 0 Å². The summed E-state index contributed by atoms with van der Waals surface area (Å²) in [5.74, 6) is 2.73. The van der Waals surface area contributed by atoms with Crippen molar-refractivity contribution in [3.8, 4) is 5.88 Å². The fraction of sp³-hybridized carbons (Fsp3) is 0.500. The third-order valence-corrected chi connectivity index (χ3v) is 4.13. The molecule has 0 bridgehead atoms. The average molecular weight is 344 g/mol. The molecule has 3 heterocycles. The van der Waals surface area contributed by atoms with E-state index in [0.29, 0.717) is 43.4 Å². The maximum Gasteiger partial charge on any atom is 0.257 e. The summed E-state index contributed by atoms with van der Waals surface area (Å²) < 4.78 is 11.2. The zero-order valence-corrected chi connectivity index (χ0v) is 15.2. The molecular weight excluding hydrogens is 320 g/mol. The summed E-state index contributed by atoms with van der Waals surface area (Å²) in [4.78, 5) is 25.4. The number of aromatic nitrogens is 2. The molecule has 1 aliphatic rings. The second kappa shape index (κ2) is 7.13. The van der Waals surface area contributed by atoms with Crippen molar-refractivity contribution in [2.75, 3.05) is 31.1 Å². The standard InChI is InChI=1S/C18H24N4O3/c1-12(2)24-17-16(19-5-6-20-17)21-7-9-22(10-8-21)18(23)15-11-13(3)25-14(15)4/h5-6,11-12H,7-10H2,1-4H3. The van der Waals surface area contributed by atoms with Gasteiger partial charge >= 0.3 is 0 Å². The zero-order chi connectivity index (χ0) is 18.0. The molecule has 0 radical (unpaired) electrons. The molecule has 134 valence electrons. The predicted octanol–water partition coefficient (Wildman–Crippen LogP) is 2.44. The highest BCUT2D eigenvalue weighted by Crippen LogP contribution is 2.25. The zero-order valence-electron chi connectivity index (χ0n) is 15.2. The number of aryl methyl sites for hydroxylation is 2. The Morgan fingerprint density at radius 1 is 1.16 bits per heavy atom. The van der Waals surface area contributed by atoms with E-state index >= 15 is 0 Å². The number of anilines is 1. The van der Waals surface area contributed by atoms with Crippen LogP contribution in [0, 0.1) is 13.8 Å². The first kappa shape index (κ1) is 17.3. The molecule has 0 aromatic carbocycles. The number of furan rings is 1. The number of carbonyl (C=O) groups is 1. The van der Waals surface area contributed by atoms with E-state index in [-0.39, 0.29) is 12.0 Å². The van der Waals surface area contributed by atoms with E-state index in [0.717, 1.165) is 11.6 Å². The molecule has 0 unspecified atom stereocenters. The van der Waals surface area contributed by atoms with E-state index in [2.05, 4.69) is 14.9 Å². The summed E-state index contributed by atoms with van der Waals surface area (Å²) in [6.45, 7) is 10.2. The molecule has 1 fully saturated rings. The van der Waals surface area contributed by atoms with Crippen molar-refractivity contribution in [2.24, 2.45) is 0 Å². The predicted molar refractivity (Wildman–Crippen MR) is 94.1 cm³/mol. The third kappa shape index (κ3) is 3.75. The van der Waals surface area contributed by atoms with Crippen molar-refractivity contribution < 1.29 is 13.9 Å². The number of amides is 1. The van der Waals surface area contributed by atoms with Crippen LogP contribution in [0.4, 0.5) is 5.82 Å². The Bertz CT molecular complexity index is 749. The number of nitrogens with zero attached hydrogens (tertiary/aromatic N) is 4. The van der Waals surface area contributed by atoms with Gasteiger partial charge in [-0.05, 0) is 33.8 Å². The van der Waals surface area contributed by atoms with Crippen LogP contribution in [0.15, 0.2) is 22.9 Å². The quantitative estimate of drug-likeness (QED) is 0.848. The SMILES string of the molecule is Cc1cc(C(=O)N2CCN(c3nccnc3OC(C)C)CC2)c(C)o1. The van der Waals surface area contributed by atoms with Crippen molar-refractivity contribution in [2.45, 2.75) is 33.8 Å². The minimum Gasteiger partial charge on any atom is -0.472 e. The third-order valence-electron chi connectivity index (χ3n) is 4.13. The summed E-state index contributed by atoms with van der Waals surface area (Å²) in [5, 5.41) is 0. The van der Waals surface area contributed by atoms with Crippen molar-refractivity contribution in [3.05, 3.63) is 35.5 Å². The summed E-state index contributed by atoms with van der Waals surface area (Å²) in [6, 6.07) is 1.81. The molecule has 0 N–H and O–H groups in total. The molecule has 2 aromatic rings. The van der Waals surface area contributed by atoms with Crippen molar-refractivity contribution >= 4 is 11.7 Å². The summed E-state index contributed by atoms with van der Waals surface area (Å²) >= 11 is 0. The van der Waals surface area contributed by atoms with E-state index in [1.54, 1.807) is 18.5 Å². The van der Waals surface area contributed by atoms with Gasteiger partial charge in [0.25, 0.3) is 11.8 Å². The molecule has 1 amide bonds. The highest BCUT2D eigenvalue weighted by molar-refractivity contribution is 5.95. The lowest BCUT2D eigenvalue weighted by Gasteiger charge is -2.35. The van der Waals surface area contributed by atoms with E-state index in [4.69, 9.17) is 9.15 Å². The Labute approximate surface area is 147 Å². The van der Waals surface area contributed by atoms with Crippen LogP contribution in [-0.4, -0.2) is 53.1 Å². The van der Waals surface area contributed by atoms with Gasteiger partial charge in [-0.1, -0.05) is 0 Å². The fourth-order valence-electron chi connectivity index (χ4n) is 2.98. The largest absolute Gasteiger partial charge is 0.472 e. The lowest BCUT2D eigenvalue weighted by Crippen LogP contribution is -2.49. The Morgan fingerprint density at radius 3 is 2.44 bits per heavy atom. The second-order valence-electron chi connectivity index (χ2n) is 6.46. The van der Waals surface area contributed by atoms with Crippen LogP contribution < -0.4 is 9.64 Å². The summed E-state index contributed by atoms with van der Waals surface area (Å²) in [7, 11) is 0. The molecule has 1 aliphatic heterocycles. The van der Waals surface area contributed by atoms with Gasteiger partial charge < -0.3 is 19.0 Å². The molecule has 0 spiro atoms. The number of piperazine rings is 1. The fourth-order valence-corrected chi connectivity index (χ4v) is 2.98. The highest BCUT2D eigenvalue weighted by Gasteiger charge is 2.27. The molecule has 1 saturated heterocycles. The maximum atomic E-state index is 12.7. The summed E-state index contributed by atoms with van der Waals surface area (Å²) in [6.07, 6.45) is 3.33. The van der Waals surface area contributed by atoms with Gasteiger partial charge in [0.05, 0.1) is 11.7 Å². The van der Waals surface area contributed by atoms with Crippen LogP contribution in [0.3, 0.4) is 0 Å². The van der Waals surface area contributed by atoms with Crippen molar-refractivity contribution in [1.82, 2.24) is 14.9 Å². The van der Waals surface area contributed by atoms with Crippen molar-refractivity contribution in [3.63, 3.8) is 0 Å². The topological polar surface area (TPSA) is 71.7 Å². The molecule has 25 heavy (non-hydrogen) atoms. The highest BCUT2D eigenvalue weighted by atomic mass is 16.5. The number of ether oxygens (including phenoxy) is 1. The Kier molecular flexibility index (Phi) is 4.92. The van der Waals surface area contributed by atoms with Crippen LogP contribution in [0.25, 0.3) is 0 Å². The minimum absolute atomic E-state index is 0.0202. The molecular formula is C18H24N4O3. The summed E-state index contributed by atoms with van der Waals surface area (Å²) in [5.41, 5.74) is 0.647. The monoisotopic (exact) mass is 344 g/mol. The molecule has 0 saturated carbocycles. The van der Waals surface area contributed by atoms with Gasteiger partial charge in [0.15, 0.2) is 5.82 Å². The lowest BCUT2D eigenvalue weighted by molar-refractivity contribution is 0.0744. The van der Waals surface area contributed by atoms with Crippen LogP contribution in [0.1, 0.15) is 35.7 Å². The smallest absolute Gasteiger partial charge is 0.257 e. The maximum absolute atomic E-state index is 12.7. The Morgan fingerprint density at radius 2 is 1.84 bits per heavy atom. The second-order valence-corrected chi connectivity index (χ2v) is 6.46. The van der Waals surface area contributed by atoms with Gasteiger partial charge in [-0.25, -0.2) is 9.97 Å². The van der Waals surface area contributed by atoms with Crippen LogP contribution >= 0.6 is 0 Å². The molecule has 3 rings (SSSR count). The minimum atomic E-state index is 0.0202. The van der Waals surface area contributed by atoms with Crippen molar-refractivity contribution in [1.29, 1.82) is 0 Å². The van der Waals surface area contributed by atoms with E-state index < -0.39 is 0 Å². The molecule has 7 heteroatoms. The van der Waals surface area contributed by atoms with E-state index in [1.807, 2.05) is 32.6 Å². The van der Waals surface area contributed by atoms with Crippen LogP contribution in [0.5, 0.6) is 5.88 Å². The first-order valence-electron chi connectivity index (χ1n) is 8.54. The number of rotatable bonds is 4. The molecule has 0 aliphatic carbocycles. The number of hydrogen-bond acceptors (Lipinski definition) is 6. The van der Waals surface area contributed by atoms with Gasteiger partial charge in [0, 0.05) is 38.6 Å². The van der Waals surface area contributed by atoms with Crippen LogP contribution in [-0.2, 0) is 0 Å². The normalized spacial score (nSPS) is 14.9. The van der Waals surface area contributed by atoms with Gasteiger partial charge in [-0.15, -0.1) is 0 Å². The lowest BCUT2D eigenvalue weighted by atomic mass is 10.2. The molecule has 7 nitrogen and oxygen atoms in total. The first-order chi connectivity index (χ1) is 12.0. The Balaban J connectivity index is 1.68. The molecule has 0 atom stereocenters. The van der Waals surface area contributed by atoms with E-state index in [1.165, 1.54) is 0 Å². The molecule has 2 aromatic heterocycles. The van der Waals surface area contributed by atoms with Crippen LogP contribution in [0.2, 0.25) is 0 Å². The van der Waals surface area contributed by atoms with Gasteiger partial charge in [-0.3, -0.25) is 4.79 Å². The number of hydrogen-bond donors (Lipinski definition) is 0. The average Bonchev–Trinajstić information content (AvgIpc) is 2.93. The van der Waals surface area contributed by atoms with Gasteiger partial charge in [0.1, 0.15) is 11.5 Å². The Hall–Kier alpha value is -2.57. The van der Waals surface area contributed by atoms with Gasteiger partial charge in [-0.2, -0.15) is 0 Å². The van der Waals surface area contributed by atoms with E-state index in [9.17, 15) is 4.79 Å².